The maximum absolute atomic E-state index is 5.44. The number of hydrogen-bond acceptors (Lipinski definition) is 5. The van der Waals surface area contributed by atoms with E-state index in [1.165, 1.54) is 16.7 Å². The van der Waals surface area contributed by atoms with Crippen molar-refractivity contribution in [3.05, 3.63) is 46.6 Å². The summed E-state index contributed by atoms with van der Waals surface area (Å²) >= 11 is 0. The van der Waals surface area contributed by atoms with Crippen LogP contribution in [0.25, 0.3) is 0 Å². The van der Waals surface area contributed by atoms with Gasteiger partial charge >= 0.3 is 0 Å². The van der Waals surface area contributed by atoms with E-state index in [1.807, 2.05) is 0 Å². The Labute approximate surface area is 131 Å². The van der Waals surface area contributed by atoms with Crippen LogP contribution in [0.5, 0.6) is 0 Å². The molecule has 1 fully saturated rings. The quantitative estimate of drug-likeness (QED) is 0.936. The second-order valence-corrected chi connectivity index (χ2v) is 6.18. The third-order valence-electron chi connectivity index (χ3n) is 4.40. The zero-order valence-electron chi connectivity index (χ0n) is 13.6. The van der Waals surface area contributed by atoms with Crippen LogP contribution in [0.4, 0.5) is 0 Å². The zero-order chi connectivity index (χ0) is 15.5. The maximum atomic E-state index is 5.44. The van der Waals surface area contributed by atoms with Gasteiger partial charge in [-0.05, 0) is 38.4 Å². The Morgan fingerprint density at radius 2 is 2.18 bits per heavy atom. The lowest BCUT2D eigenvalue weighted by Gasteiger charge is -2.30. The summed E-state index contributed by atoms with van der Waals surface area (Å²) < 4.78 is 5.44. The van der Waals surface area contributed by atoms with E-state index < -0.39 is 0 Å². The highest BCUT2D eigenvalue weighted by Crippen LogP contribution is 2.18. The zero-order valence-corrected chi connectivity index (χ0v) is 13.6. The molecule has 1 aromatic heterocycles. The molecule has 0 aliphatic carbocycles. The van der Waals surface area contributed by atoms with E-state index in [4.69, 9.17) is 4.52 Å². The van der Waals surface area contributed by atoms with Crippen LogP contribution < -0.4 is 5.32 Å². The SMILES string of the molecule is Cc1ccc(CCc2nc(C3CNCCN3C)no2)c(C)c1. The molecule has 0 bridgehead atoms. The summed E-state index contributed by atoms with van der Waals surface area (Å²) in [6.07, 6.45) is 1.73. The molecule has 22 heavy (non-hydrogen) atoms. The molecule has 1 unspecified atom stereocenters. The van der Waals surface area contributed by atoms with Crippen molar-refractivity contribution in [3.63, 3.8) is 0 Å². The van der Waals surface area contributed by atoms with Gasteiger partial charge in [-0.25, -0.2) is 0 Å². The molecule has 5 heteroatoms. The van der Waals surface area contributed by atoms with Gasteiger partial charge in [0.25, 0.3) is 0 Å². The fraction of sp³-hybridized carbons (Fsp3) is 0.529. The van der Waals surface area contributed by atoms with E-state index >= 15 is 0 Å². The monoisotopic (exact) mass is 300 g/mol. The molecule has 0 spiro atoms. The van der Waals surface area contributed by atoms with Crippen molar-refractivity contribution in [1.29, 1.82) is 0 Å². The Morgan fingerprint density at radius 1 is 1.32 bits per heavy atom. The van der Waals surface area contributed by atoms with E-state index in [2.05, 4.69) is 59.5 Å². The van der Waals surface area contributed by atoms with E-state index in [1.54, 1.807) is 0 Å². The lowest BCUT2D eigenvalue weighted by molar-refractivity contribution is 0.190. The molecule has 5 nitrogen and oxygen atoms in total. The summed E-state index contributed by atoms with van der Waals surface area (Å²) in [5, 5.41) is 7.55. The van der Waals surface area contributed by atoms with Crippen molar-refractivity contribution in [3.8, 4) is 0 Å². The van der Waals surface area contributed by atoms with Crippen LogP contribution in [-0.4, -0.2) is 41.7 Å². The number of nitrogens with one attached hydrogen (secondary N) is 1. The number of benzene rings is 1. The van der Waals surface area contributed by atoms with Gasteiger partial charge in [-0.15, -0.1) is 0 Å². The molecule has 1 aliphatic heterocycles. The van der Waals surface area contributed by atoms with E-state index in [0.717, 1.165) is 44.2 Å². The number of hydrogen-bond donors (Lipinski definition) is 1. The molecular formula is C17H24N4O. The van der Waals surface area contributed by atoms with E-state index in [0.29, 0.717) is 0 Å². The average Bonchev–Trinajstić information content (AvgIpc) is 2.95. The van der Waals surface area contributed by atoms with Crippen LogP contribution in [0.15, 0.2) is 22.7 Å². The van der Waals surface area contributed by atoms with Crippen LogP contribution in [0, 0.1) is 13.8 Å². The summed E-state index contributed by atoms with van der Waals surface area (Å²) in [6.45, 7) is 7.19. The molecule has 0 radical (unpaired) electrons. The second kappa shape index (κ2) is 6.58. The summed E-state index contributed by atoms with van der Waals surface area (Å²) in [7, 11) is 2.11. The lowest BCUT2D eigenvalue weighted by atomic mass is 10.0. The predicted molar refractivity (Wildman–Crippen MR) is 85.9 cm³/mol. The third-order valence-corrected chi connectivity index (χ3v) is 4.40. The molecule has 118 valence electrons. The molecule has 1 aromatic carbocycles. The number of nitrogens with zero attached hydrogens (tertiary/aromatic N) is 3. The van der Waals surface area contributed by atoms with Crippen LogP contribution in [0.3, 0.4) is 0 Å². The molecule has 2 aromatic rings. The second-order valence-electron chi connectivity index (χ2n) is 6.18. The Bertz CT molecular complexity index is 637. The number of likely N-dealkylation sites (N-methyl/N-ethyl adjacent to an activating group) is 1. The minimum atomic E-state index is 0.215. The number of aryl methyl sites for hydroxylation is 4. The average molecular weight is 300 g/mol. The largest absolute Gasteiger partial charge is 0.339 e. The summed E-state index contributed by atoms with van der Waals surface area (Å²) in [4.78, 5) is 6.86. The van der Waals surface area contributed by atoms with Crippen LogP contribution in [0.2, 0.25) is 0 Å². The minimum absolute atomic E-state index is 0.215. The molecule has 3 rings (SSSR count). The van der Waals surface area contributed by atoms with E-state index in [9.17, 15) is 0 Å². The maximum Gasteiger partial charge on any atom is 0.227 e. The summed E-state index contributed by atoms with van der Waals surface area (Å²) in [6, 6.07) is 6.79. The highest BCUT2D eigenvalue weighted by Gasteiger charge is 2.25. The van der Waals surface area contributed by atoms with Crippen molar-refractivity contribution in [2.45, 2.75) is 32.7 Å². The van der Waals surface area contributed by atoms with E-state index in [-0.39, 0.29) is 6.04 Å². The fourth-order valence-electron chi connectivity index (χ4n) is 2.97. The van der Waals surface area contributed by atoms with Crippen LogP contribution >= 0.6 is 0 Å². The van der Waals surface area contributed by atoms with Crippen molar-refractivity contribution in [2.24, 2.45) is 0 Å². The Morgan fingerprint density at radius 3 is 2.95 bits per heavy atom. The Kier molecular flexibility index (Phi) is 4.55. The first-order valence-corrected chi connectivity index (χ1v) is 7.93. The van der Waals surface area contributed by atoms with Crippen LogP contribution in [-0.2, 0) is 12.8 Å². The lowest BCUT2D eigenvalue weighted by Crippen LogP contribution is -2.44. The van der Waals surface area contributed by atoms with Gasteiger partial charge in [-0.1, -0.05) is 28.9 Å². The highest BCUT2D eigenvalue weighted by atomic mass is 16.5. The Hall–Kier alpha value is -1.72. The fourth-order valence-corrected chi connectivity index (χ4v) is 2.97. The first-order chi connectivity index (χ1) is 10.6. The Balaban J connectivity index is 1.64. The van der Waals surface area contributed by atoms with Crippen molar-refractivity contribution < 1.29 is 4.52 Å². The third kappa shape index (κ3) is 3.36. The van der Waals surface area contributed by atoms with Crippen molar-refractivity contribution in [1.82, 2.24) is 20.4 Å². The molecular weight excluding hydrogens is 276 g/mol. The molecule has 1 aliphatic rings. The molecule has 2 heterocycles. The van der Waals surface area contributed by atoms with Crippen molar-refractivity contribution in [2.75, 3.05) is 26.7 Å². The highest BCUT2D eigenvalue weighted by molar-refractivity contribution is 5.30. The van der Waals surface area contributed by atoms with Gasteiger partial charge in [0.05, 0.1) is 6.04 Å². The number of aromatic nitrogens is 2. The predicted octanol–water partition coefficient (Wildman–Crippen LogP) is 2.05. The smallest absolute Gasteiger partial charge is 0.227 e. The van der Waals surface area contributed by atoms with Gasteiger partial charge in [0.1, 0.15) is 0 Å². The van der Waals surface area contributed by atoms with Gasteiger partial charge in [0.2, 0.25) is 5.89 Å². The van der Waals surface area contributed by atoms with Gasteiger partial charge in [-0.2, -0.15) is 4.98 Å². The molecule has 1 saturated heterocycles. The molecule has 0 saturated carbocycles. The first-order valence-electron chi connectivity index (χ1n) is 7.93. The van der Waals surface area contributed by atoms with Crippen molar-refractivity contribution >= 4 is 0 Å². The van der Waals surface area contributed by atoms with Crippen LogP contribution in [0.1, 0.15) is 34.4 Å². The summed E-state index contributed by atoms with van der Waals surface area (Å²) in [5.41, 5.74) is 3.98. The minimum Gasteiger partial charge on any atom is -0.339 e. The number of rotatable bonds is 4. The topological polar surface area (TPSA) is 54.2 Å². The van der Waals surface area contributed by atoms with Gasteiger partial charge in [-0.3, -0.25) is 4.90 Å². The molecule has 1 atom stereocenters. The molecule has 0 amide bonds. The molecule has 1 N–H and O–H groups in total. The summed E-state index contributed by atoms with van der Waals surface area (Å²) in [5.74, 6) is 1.53. The van der Waals surface area contributed by atoms with Gasteiger partial charge in [0, 0.05) is 26.1 Å². The standard InChI is InChI=1S/C17H24N4O/c1-12-4-5-14(13(2)10-12)6-7-16-19-17(20-22-16)15-11-18-8-9-21(15)3/h4-5,10,15,18H,6-9,11H2,1-3H3. The first kappa shape index (κ1) is 15.2. The van der Waals surface area contributed by atoms with Gasteiger partial charge in [0.15, 0.2) is 5.82 Å². The normalized spacial score (nSPS) is 19.5. The number of piperazine rings is 1. The van der Waals surface area contributed by atoms with Gasteiger partial charge < -0.3 is 9.84 Å².